The quantitative estimate of drug-likeness (QED) is 0.853. The topological polar surface area (TPSA) is 55.1 Å². The lowest BCUT2D eigenvalue weighted by molar-refractivity contribution is -0.122. The predicted octanol–water partition coefficient (Wildman–Crippen LogP) is 4.12. The normalized spacial score (nSPS) is 22.0. The van der Waals surface area contributed by atoms with E-state index in [0.29, 0.717) is 17.4 Å². The van der Waals surface area contributed by atoms with Crippen molar-refractivity contribution in [2.75, 3.05) is 0 Å². The van der Waals surface area contributed by atoms with Gasteiger partial charge in [-0.1, -0.05) is 30.2 Å². The number of rotatable bonds is 5. The number of thiophene rings is 1. The highest BCUT2D eigenvalue weighted by atomic mass is 35.5. The monoisotopic (exact) mass is 348 g/mol. The summed E-state index contributed by atoms with van der Waals surface area (Å²) in [5.41, 5.74) is 8.22. The summed E-state index contributed by atoms with van der Waals surface area (Å²) in [6.45, 7) is 0. The molecule has 5 heteroatoms. The van der Waals surface area contributed by atoms with Crippen molar-refractivity contribution >= 4 is 28.8 Å². The van der Waals surface area contributed by atoms with E-state index in [-0.39, 0.29) is 18.0 Å². The van der Waals surface area contributed by atoms with E-state index in [0.717, 1.165) is 30.4 Å². The summed E-state index contributed by atoms with van der Waals surface area (Å²) in [5.74, 6) is 0.377. The zero-order valence-corrected chi connectivity index (χ0v) is 14.4. The Morgan fingerprint density at radius 3 is 2.65 bits per heavy atom. The average Bonchev–Trinajstić information content (AvgIpc) is 3.19. The van der Waals surface area contributed by atoms with Gasteiger partial charge in [-0.2, -0.15) is 11.3 Å². The van der Waals surface area contributed by atoms with Gasteiger partial charge in [0.2, 0.25) is 5.91 Å². The van der Waals surface area contributed by atoms with E-state index in [9.17, 15) is 4.79 Å². The number of halogens is 1. The van der Waals surface area contributed by atoms with Crippen molar-refractivity contribution in [2.24, 2.45) is 11.7 Å². The van der Waals surface area contributed by atoms with Crippen LogP contribution in [0.5, 0.6) is 0 Å². The number of hydrogen-bond acceptors (Lipinski definition) is 3. The van der Waals surface area contributed by atoms with Crippen molar-refractivity contribution < 1.29 is 4.79 Å². The Bertz CT molecular complexity index is 642. The van der Waals surface area contributed by atoms with Crippen molar-refractivity contribution in [1.82, 2.24) is 5.32 Å². The molecule has 2 aromatic rings. The third-order valence-electron chi connectivity index (χ3n) is 4.55. The zero-order chi connectivity index (χ0) is 16.2. The van der Waals surface area contributed by atoms with Gasteiger partial charge in [0.1, 0.15) is 0 Å². The number of amides is 1. The molecule has 0 spiro atoms. The van der Waals surface area contributed by atoms with Crippen LogP contribution in [0.2, 0.25) is 5.02 Å². The first-order chi connectivity index (χ1) is 11.1. The maximum absolute atomic E-state index is 12.5. The third kappa shape index (κ3) is 4.14. The van der Waals surface area contributed by atoms with E-state index in [4.69, 9.17) is 17.3 Å². The standard InChI is InChI=1S/C18H21ClN2OS/c19-15-6-4-12(5-7-15)18(14-8-9-23-11-14)21-17(22)10-13-2-1-3-16(13)20/h4-9,11,13,16,18H,1-3,10,20H2,(H,21,22)/t13-,16+,18?/m0/s1. The van der Waals surface area contributed by atoms with E-state index < -0.39 is 0 Å². The van der Waals surface area contributed by atoms with Crippen LogP contribution in [0.15, 0.2) is 41.1 Å². The van der Waals surface area contributed by atoms with E-state index in [1.165, 1.54) is 0 Å². The molecule has 0 aliphatic heterocycles. The molecular weight excluding hydrogens is 328 g/mol. The van der Waals surface area contributed by atoms with Gasteiger partial charge in [-0.05, 0) is 58.8 Å². The second-order valence-electron chi connectivity index (χ2n) is 6.17. The number of hydrogen-bond donors (Lipinski definition) is 2. The molecule has 3 nitrogen and oxygen atoms in total. The van der Waals surface area contributed by atoms with Crippen LogP contribution in [-0.2, 0) is 4.79 Å². The Kier molecular flexibility index (Phi) is 5.36. The Morgan fingerprint density at radius 1 is 1.26 bits per heavy atom. The molecule has 1 aliphatic carbocycles. The minimum Gasteiger partial charge on any atom is -0.345 e. The van der Waals surface area contributed by atoms with Crippen LogP contribution in [0.1, 0.15) is 42.9 Å². The molecule has 1 fully saturated rings. The lowest BCUT2D eigenvalue weighted by Gasteiger charge is -2.21. The van der Waals surface area contributed by atoms with Gasteiger partial charge >= 0.3 is 0 Å². The van der Waals surface area contributed by atoms with Crippen LogP contribution in [0.25, 0.3) is 0 Å². The molecule has 3 rings (SSSR count). The van der Waals surface area contributed by atoms with Gasteiger partial charge in [0, 0.05) is 17.5 Å². The number of benzene rings is 1. The summed E-state index contributed by atoms with van der Waals surface area (Å²) in [5, 5.41) is 7.96. The zero-order valence-electron chi connectivity index (χ0n) is 12.9. The molecule has 0 radical (unpaired) electrons. The fourth-order valence-electron chi connectivity index (χ4n) is 3.23. The van der Waals surface area contributed by atoms with Crippen LogP contribution in [0.4, 0.5) is 0 Å². The first kappa shape index (κ1) is 16.5. The van der Waals surface area contributed by atoms with Crippen molar-refractivity contribution in [2.45, 2.75) is 37.8 Å². The summed E-state index contributed by atoms with van der Waals surface area (Å²) >= 11 is 7.61. The van der Waals surface area contributed by atoms with Gasteiger partial charge in [0.25, 0.3) is 0 Å². The summed E-state index contributed by atoms with van der Waals surface area (Å²) in [6, 6.07) is 9.72. The Labute approximate surface area is 145 Å². The smallest absolute Gasteiger partial charge is 0.221 e. The molecule has 1 saturated carbocycles. The van der Waals surface area contributed by atoms with Gasteiger partial charge in [-0.25, -0.2) is 0 Å². The van der Waals surface area contributed by atoms with E-state index in [1.807, 2.05) is 35.7 Å². The molecule has 3 atom stereocenters. The summed E-state index contributed by atoms with van der Waals surface area (Å²) in [4.78, 5) is 12.5. The van der Waals surface area contributed by atoms with Crippen LogP contribution in [0.3, 0.4) is 0 Å². The average molecular weight is 349 g/mol. The van der Waals surface area contributed by atoms with Crippen molar-refractivity contribution in [3.05, 3.63) is 57.2 Å². The summed E-state index contributed by atoms with van der Waals surface area (Å²) < 4.78 is 0. The highest BCUT2D eigenvalue weighted by molar-refractivity contribution is 7.08. The lowest BCUT2D eigenvalue weighted by Crippen LogP contribution is -2.34. The number of carbonyl (C=O) groups excluding carboxylic acids is 1. The predicted molar refractivity (Wildman–Crippen MR) is 95.7 cm³/mol. The number of carbonyl (C=O) groups is 1. The fourth-order valence-corrected chi connectivity index (χ4v) is 4.04. The van der Waals surface area contributed by atoms with Crippen molar-refractivity contribution in [3.63, 3.8) is 0 Å². The second-order valence-corrected chi connectivity index (χ2v) is 7.38. The number of nitrogens with two attached hydrogens (primary N) is 1. The maximum atomic E-state index is 12.5. The van der Waals surface area contributed by atoms with Crippen LogP contribution < -0.4 is 11.1 Å². The molecular formula is C18H21ClN2OS. The highest BCUT2D eigenvalue weighted by Crippen LogP contribution is 2.29. The fraction of sp³-hybridized carbons (Fsp3) is 0.389. The summed E-state index contributed by atoms with van der Waals surface area (Å²) in [7, 11) is 0. The van der Waals surface area contributed by atoms with Gasteiger partial charge in [-0.3, -0.25) is 4.79 Å². The second kappa shape index (κ2) is 7.47. The van der Waals surface area contributed by atoms with Crippen molar-refractivity contribution in [3.8, 4) is 0 Å². The molecule has 1 aromatic heterocycles. The Balaban J connectivity index is 1.74. The van der Waals surface area contributed by atoms with Crippen molar-refractivity contribution in [1.29, 1.82) is 0 Å². The largest absolute Gasteiger partial charge is 0.345 e. The maximum Gasteiger partial charge on any atom is 0.221 e. The van der Waals surface area contributed by atoms with Crippen LogP contribution in [-0.4, -0.2) is 11.9 Å². The SMILES string of the molecule is N[C@@H]1CCC[C@H]1CC(=O)NC(c1ccc(Cl)cc1)c1ccsc1. The molecule has 23 heavy (non-hydrogen) atoms. The minimum atomic E-state index is -0.136. The Hall–Kier alpha value is -1.36. The Morgan fingerprint density at radius 2 is 2.04 bits per heavy atom. The molecule has 1 aromatic carbocycles. The van der Waals surface area contributed by atoms with Gasteiger partial charge in [-0.15, -0.1) is 0 Å². The first-order valence-electron chi connectivity index (χ1n) is 7.96. The molecule has 3 N–H and O–H groups in total. The third-order valence-corrected chi connectivity index (χ3v) is 5.50. The number of nitrogens with one attached hydrogen (secondary N) is 1. The molecule has 0 saturated heterocycles. The first-order valence-corrected chi connectivity index (χ1v) is 9.28. The van der Waals surface area contributed by atoms with Gasteiger partial charge < -0.3 is 11.1 Å². The van der Waals surface area contributed by atoms with E-state index >= 15 is 0 Å². The molecule has 1 unspecified atom stereocenters. The lowest BCUT2D eigenvalue weighted by atomic mass is 9.97. The van der Waals surface area contributed by atoms with Gasteiger partial charge in [0.05, 0.1) is 6.04 Å². The van der Waals surface area contributed by atoms with E-state index in [1.54, 1.807) is 11.3 Å². The molecule has 122 valence electrons. The molecule has 0 bridgehead atoms. The molecule has 1 aliphatic rings. The molecule has 1 heterocycles. The van der Waals surface area contributed by atoms with E-state index in [2.05, 4.69) is 10.7 Å². The summed E-state index contributed by atoms with van der Waals surface area (Å²) in [6.07, 6.45) is 3.72. The minimum absolute atomic E-state index is 0.0681. The van der Waals surface area contributed by atoms with Gasteiger partial charge in [0.15, 0.2) is 0 Å². The van der Waals surface area contributed by atoms with Crippen LogP contribution >= 0.6 is 22.9 Å². The van der Waals surface area contributed by atoms with Crippen LogP contribution in [0, 0.1) is 5.92 Å². The highest BCUT2D eigenvalue weighted by Gasteiger charge is 2.27. The molecule has 1 amide bonds.